The fourth-order valence-corrected chi connectivity index (χ4v) is 4.71. The van der Waals surface area contributed by atoms with Gasteiger partial charge in [0.25, 0.3) is 15.9 Å². The van der Waals surface area contributed by atoms with Gasteiger partial charge in [-0.2, -0.15) is 4.31 Å². The number of esters is 1. The molecule has 0 atom stereocenters. The molecule has 3 aromatic carbocycles. The quantitative estimate of drug-likeness (QED) is 0.450. The van der Waals surface area contributed by atoms with Crippen molar-refractivity contribution < 1.29 is 22.7 Å². The van der Waals surface area contributed by atoms with Crippen LogP contribution in [0.4, 0.5) is 0 Å². The van der Waals surface area contributed by atoms with Crippen molar-refractivity contribution in [1.82, 2.24) is 4.31 Å². The van der Waals surface area contributed by atoms with E-state index in [0.717, 1.165) is 17.2 Å². The molecule has 4 rings (SSSR count). The van der Waals surface area contributed by atoms with Gasteiger partial charge < -0.3 is 4.74 Å². The van der Waals surface area contributed by atoms with E-state index in [-0.39, 0.29) is 22.8 Å². The SMILES string of the molecule is Cc1ccc(S(=O)(=O)N2C(=O)c3ccccc3/C2=C\C(=O)OCc2ccccc2)cc1. The Bertz CT molecular complexity index is 1280. The number of nitrogens with zero attached hydrogens (tertiary/aromatic N) is 1. The van der Waals surface area contributed by atoms with Gasteiger partial charge in [-0.3, -0.25) is 4.79 Å². The van der Waals surface area contributed by atoms with Gasteiger partial charge in [-0.25, -0.2) is 13.2 Å². The molecule has 1 amide bonds. The first-order valence-electron chi connectivity index (χ1n) is 9.56. The van der Waals surface area contributed by atoms with Crippen LogP contribution in [0.15, 0.2) is 89.8 Å². The fraction of sp³-hybridized carbons (Fsp3) is 0.0833. The molecule has 1 heterocycles. The molecule has 0 fully saturated rings. The molecular weight excluding hydrogens is 414 g/mol. The number of sulfonamides is 1. The summed E-state index contributed by atoms with van der Waals surface area (Å²) in [6, 6.07) is 21.7. The highest BCUT2D eigenvalue weighted by Crippen LogP contribution is 2.37. The molecule has 0 saturated heterocycles. The Morgan fingerprint density at radius 2 is 1.52 bits per heavy atom. The molecule has 0 spiro atoms. The number of benzene rings is 3. The highest BCUT2D eigenvalue weighted by atomic mass is 32.2. The van der Waals surface area contributed by atoms with Crippen LogP contribution in [0.25, 0.3) is 5.70 Å². The largest absolute Gasteiger partial charge is 0.458 e. The van der Waals surface area contributed by atoms with Crippen LogP contribution >= 0.6 is 0 Å². The lowest BCUT2D eigenvalue weighted by Gasteiger charge is -2.18. The fourth-order valence-electron chi connectivity index (χ4n) is 3.29. The van der Waals surface area contributed by atoms with Gasteiger partial charge in [-0.15, -0.1) is 0 Å². The second kappa shape index (κ2) is 8.20. The van der Waals surface area contributed by atoms with Crippen LogP contribution in [0.3, 0.4) is 0 Å². The van der Waals surface area contributed by atoms with Crippen molar-refractivity contribution in [3.8, 4) is 0 Å². The van der Waals surface area contributed by atoms with Crippen LogP contribution in [-0.4, -0.2) is 24.6 Å². The third-order valence-electron chi connectivity index (χ3n) is 4.87. The van der Waals surface area contributed by atoms with E-state index in [1.54, 1.807) is 30.3 Å². The number of ether oxygens (including phenoxy) is 1. The summed E-state index contributed by atoms with van der Waals surface area (Å²) in [7, 11) is -4.23. The molecule has 3 aromatic rings. The van der Waals surface area contributed by atoms with E-state index >= 15 is 0 Å². The van der Waals surface area contributed by atoms with Gasteiger partial charge in [0, 0.05) is 11.6 Å². The minimum atomic E-state index is -4.23. The molecular formula is C24H19NO5S. The van der Waals surface area contributed by atoms with Crippen molar-refractivity contribution in [2.45, 2.75) is 18.4 Å². The summed E-state index contributed by atoms with van der Waals surface area (Å²) in [6.07, 6.45) is 1.05. The molecule has 0 aromatic heterocycles. The predicted octanol–water partition coefficient (Wildman–Crippen LogP) is 3.92. The Morgan fingerprint density at radius 1 is 0.903 bits per heavy atom. The summed E-state index contributed by atoms with van der Waals surface area (Å²) in [6.45, 7) is 1.87. The Kier molecular flexibility index (Phi) is 5.44. The summed E-state index contributed by atoms with van der Waals surface area (Å²) in [5.74, 6) is -1.45. The third kappa shape index (κ3) is 4.00. The number of carbonyl (C=O) groups is 2. The lowest BCUT2D eigenvalue weighted by molar-refractivity contribution is -0.138. The van der Waals surface area contributed by atoms with E-state index in [4.69, 9.17) is 4.74 Å². The molecule has 0 radical (unpaired) electrons. The number of fused-ring (bicyclic) bond motifs is 1. The van der Waals surface area contributed by atoms with E-state index in [0.29, 0.717) is 9.87 Å². The smallest absolute Gasteiger partial charge is 0.333 e. The third-order valence-corrected chi connectivity index (χ3v) is 6.59. The maximum atomic E-state index is 13.3. The normalized spacial score (nSPS) is 14.5. The molecule has 6 nitrogen and oxygen atoms in total. The number of carbonyl (C=O) groups excluding carboxylic acids is 2. The van der Waals surface area contributed by atoms with Crippen molar-refractivity contribution in [3.05, 3.63) is 107 Å². The lowest BCUT2D eigenvalue weighted by atomic mass is 10.1. The van der Waals surface area contributed by atoms with Gasteiger partial charge in [-0.1, -0.05) is 66.2 Å². The van der Waals surface area contributed by atoms with Crippen molar-refractivity contribution in [3.63, 3.8) is 0 Å². The molecule has 7 heteroatoms. The zero-order chi connectivity index (χ0) is 22.0. The molecule has 1 aliphatic heterocycles. The Balaban J connectivity index is 1.71. The van der Waals surface area contributed by atoms with Crippen molar-refractivity contribution >= 4 is 27.6 Å². The molecule has 31 heavy (non-hydrogen) atoms. The van der Waals surface area contributed by atoms with Crippen LogP contribution in [-0.2, 0) is 26.2 Å². The van der Waals surface area contributed by atoms with Crippen LogP contribution in [0, 0.1) is 6.92 Å². The molecule has 1 aliphatic rings. The first-order chi connectivity index (χ1) is 14.9. The molecule has 0 saturated carbocycles. The summed E-state index contributed by atoms with van der Waals surface area (Å²) in [5.41, 5.74) is 2.22. The number of hydrogen-bond donors (Lipinski definition) is 0. The monoisotopic (exact) mass is 433 g/mol. The van der Waals surface area contributed by atoms with E-state index in [9.17, 15) is 18.0 Å². The van der Waals surface area contributed by atoms with Crippen molar-refractivity contribution in [1.29, 1.82) is 0 Å². The lowest BCUT2D eigenvalue weighted by Crippen LogP contribution is -2.31. The van der Waals surface area contributed by atoms with Crippen molar-refractivity contribution in [2.24, 2.45) is 0 Å². The van der Waals surface area contributed by atoms with Crippen LogP contribution in [0.5, 0.6) is 0 Å². The topological polar surface area (TPSA) is 80.8 Å². The van der Waals surface area contributed by atoms with E-state index in [1.165, 1.54) is 18.2 Å². The van der Waals surface area contributed by atoms with E-state index < -0.39 is 21.9 Å². The van der Waals surface area contributed by atoms with Crippen LogP contribution in [0.1, 0.15) is 27.0 Å². The van der Waals surface area contributed by atoms with Crippen LogP contribution < -0.4 is 0 Å². The maximum Gasteiger partial charge on any atom is 0.333 e. The van der Waals surface area contributed by atoms with Gasteiger partial charge in [0.05, 0.1) is 16.2 Å². The second-order valence-electron chi connectivity index (χ2n) is 7.06. The van der Waals surface area contributed by atoms with E-state index in [2.05, 4.69) is 0 Å². The molecule has 0 aliphatic carbocycles. The zero-order valence-corrected chi connectivity index (χ0v) is 17.5. The minimum Gasteiger partial charge on any atom is -0.458 e. The zero-order valence-electron chi connectivity index (χ0n) is 16.7. The van der Waals surface area contributed by atoms with Gasteiger partial charge in [-0.05, 0) is 30.7 Å². The Hall–Kier alpha value is -3.71. The predicted molar refractivity (Wildman–Crippen MR) is 115 cm³/mol. The molecule has 156 valence electrons. The van der Waals surface area contributed by atoms with E-state index in [1.807, 2.05) is 37.3 Å². The number of hydrogen-bond acceptors (Lipinski definition) is 5. The van der Waals surface area contributed by atoms with Gasteiger partial charge in [0.1, 0.15) is 6.61 Å². The Labute approximate surface area is 180 Å². The number of rotatable bonds is 5. The summed E-state index contributed by atoms with van der Waals surface area (Å²) >= 11 is 0. The number of aryl methyl sites for hydroxylation is 1. The highest BCUT2D eigenvalue weighted by molar-refractivity contribution is 7.90. The maximum absolute atomic E-state index is 13.3. The molecule has 0 N–H and O–H groups in total. The highest BCUT2D eigenvalue weighted by Gasteiger charge is 2.41. The molecule has 0 bridgehead atoms. The van der Waals surface area contributed by atoms with Crippen LogP contribution in [0.2, 0.25) is 0 Å². The summed E-state index contributed by atoms with van der Waals surface area (Å²) in [5, 5.41) is 0. The minimum absolute atomic E-state index is 0.0285. The van der Waals surface area contributed by atoms with Crippen molar-refractivity contribution in [2.75, 3.05) is 0 Å². The average Bonchev–Trinajstić information content (AvgIpc) is 3.06. The summed E-state index contributed by atoms with van der Waals surface area (Å²) in [4.78, 5) is 25.5. The van der Waals surface area contributed by atoms with Gasteiger partial charge >= 0.3 is 5.97 Å². The second-order valence-corrected chi connectivity index (χ2v) is 8.84. The summed E-state index contributed by atoms with van der Waals surface area (Å²) < 4.78 is 32.6. The number of amides is 1. The standard InChI is InChI=1S/C24H19NO5S/c1-17-11-13-19(14-12-17)31(28,29)25-22(20-9-5-6-10-21(20)24(25)27)15-23(26)30-16-18-7-3-2-4-8-18/h2-15H,16H2,1H3/b22-15+. The van der Waals surface area contributed by atoms with Gasteiger partial charge in [0.2, 0.25) is 0 Å². The average molecular weight is 433 g/mol. The first kappa shape index (κ1) is 20.6. The molecule has 0 unspecified atom stereocenters. The first-order valence-corrected chi connectivity index (χ1v) is 11.0. The Morgan fingerprint density at radius 3 is 2.19 bits per heavy atom. The van der Waals surface area contributed by atoms with Gasteiger partial charge in [0.15, 0.2) is 0 Å².